The van der Waals surface area contributed by atoms with E-state index in [1.165, 1.54) is 28.1 Å². The highest BCUT2D eigenvalue weighted by molar-refractivity contribution is 7.20. The molecule has 0 aliphatic carbocycles. The van der Waals surface area contributed by atoms with Crippen LogP contribution >= 0.6 is 11.3 Å². The van der Waals surface area contributed by atoms with Crippen LogP contribution in [0.4, 0.5) is 5.13 Å². The first-order chi connectivity index (χ1) is 5.81. The fourth-order valence-electron chi connectivity index (χ4n) is 0.845. The van der Waals surface area contributed by atoms with Crippen LogP contribution in [-0.4, -0.2) is 21.6 Å². The summed E-state index contributed by atoms with van der Waals surface area (Å²) in [5.74, 6) is 0. The minimum Gasteiger partial charge on any atom is -0.363 e. The van der Waals surface area contributed by atoms with Crippen molar-refractivity contribution in [1.82, 2.24) is 14.6 Å². The van der Waals surface area contributed by atoms with Gasteiger partial charge < -0.3 is 5.32 Å². The van der Waals surface area contributed by atoms with Gasteiger partial charge in [0.05, 0.1) is 0 Å². The molecule has 0 amide bonds. The Balaban J connectivity index is 2.83. The van der Waals surface area contributed by atoms with E-state index >= 15 is 0 Å². The van der Waals surface area contributed by atoms with Gasteiger partial charge in [0.15, 0.2) is 0 Å². The number of anilines is 1. The average Bonchev–Trinajstić information content (AvgIpc) is 2.49. The molecule has 2 heterocycles. The minimum atomic E-state index is -0.155. The normalized spacial score (nSPS) is 10.4. The van der Waals surface area contributed by atoms with Crippen LogP contribution in [0.3, 0.4) is 0 Å². The molecular formula is C6H6N4OS. The van der Waals surface area contributed by atoms with E-state index in [-0.39, 0.29) is 5.56 Å². The predicted octanol–water partition coefficient (Wildman–Crippen LogP) is 0.193. The summed E-state index contributed by atoms with van der Waals surface area (Å²) in [6.07, 6.45) is 1.48. The smallest absolute Gasteiger partial charge is 0.275 e. The van der Waals surface area contributed by atoms with Crippen LogP contribution in [0.15, 0.2) is 17.1 Å². The molecule has 0 aliphatic heterocycles. The third kappa shape index (κ3) is 0.964. The number of hydrogen-bond acceptors (Lipinski definition) is 5. The third-order valence-corrected chi connectivity index (χ3v) is 2.32. The van der Waals surface area contributed by atoms with Gasteiger partial charge in [0.25, 0.3) is 5.56 Å². The first-order valence-corrected chi connectivity index (χ1v) is 4.15. The van der Waals surface area contributed by atoms with Crippen LogP contribution in [0.1, 0.15) is 0 Å². The van der Waals surface area contributed by atoms with Crippen molar-refractivity contribution in [3.8, 4) is 0 Å². The van der Waals surface area contributed by atoms with Gasteiger partial charge in [-0.1, -0.05) is 11.3 Å². The SMILES string of the molecule is CNc1nn2c(=O)ccnc2s1. The third-order valence-electron chi connectivity index (χ3n) is 1.38. The van der Waals surface area contributed by atoms with Crippen molar-refractivity contribution in [1.29, 1.82) is 0 Å². The van der Waals surface area contributed by atoms with Gasteiger partial charge in [-0.3, -0.25) is 4.79 Å². The van der Waals surface area contributed by atoms with Gasteiger partial charge in [-0.05, 0) is 0 Å². The Morgan fingerprint density at radius 3 is 3.17 bits per heavy atom. The molecule has 0 unspecified atom stereocenters. The van der Waals surface area contributed by atoms with Crippen LogP contribution in [0.25, 0.3) is 4.96 Å². The maximum absolute atomic E-state index is 11.1. The van der Waals surface area contributed by atoms with Crippen molar-refractivity contribution in [2.45, 2.75) is 0 Å². The molecule has 2 aromatic heterocycles. The summed E-state index contributed by atoms with van der Waals surface area (Å²) >= 11 is 1.34. The molecule has 0 saturated heterocycles. The maximum Gasteiger partial charge on any atom is 0.275 e. The summed E-state index contributed by atoms with van der Waals surface area (Å²) in [6.45, 7) is 0. The van der Waals surface area contributed by atoms with Gasteiger partial charge in [0, 0.05) is 19.3 Å². The summed E-state index contributed by atoms with van der Waals surface area (Å²) in [6, 6.07) is 1.38. The fourth-order valence-corrected chi connectivity index (χ4v) is 1.57. The summed E-state index contributed by atoms with van der Waals surface area (Å²) in [7, 11) is 1.75. The summed E-state index contributed by atoms with van der Waals surface area (Å²) in [4.78, 5) is 15.7. The van der Waals surface area contributed by atoms with E-state index in [2.05, 4.69) is 15.4 Å². The monoisotopic (exact) mass is 182 g/mol. The predicted molar refractivity (Wildman–Crippen MR) is 46.7 cm³/mol. The standard InChI is InChI=1S/C6H6N4OS/c1-7-5-9-10-4(11)2-3-8-6(10)12-5/h2-3H,1H3,(H,7,9). The van der Waals surface area contributed by atoms with E-state index in [1.54, 1.807) is 7.05 Å². The number of nitrogens with one attached hydrogen (secondary N) is 1. The molecule has 62 valence electrons. The Labute approximate surface area is 71.7 Å². The number of aromatic nitrogens is 3. The second kappa shape index (κ2) is 2.56. The highest BCUT2D eigenvalue weighted by Gasteiger charge is 2.02. The fraction of sp³-hybridized carbons (Fsp3) is 0.167. The van der Waals surface area contributed by atoms with Gasteiger partial charge in [0.2, 0.25) is 10.1 Å². The molecule has 0 aromatic carbocycles. The van der Waals surface area contributed by atoms with Gasteiger partial charge in [0.1, 0.15) is 0 Å². The highest BCUT2D eigenvalue weighted by Crippen LogP contribution is 2.13. The molecular weight excluding hydrogens is 176 g/mol. The number of hydrogen-bond donors (Lipinski definition) is 1. The molecule has 12 heavy (non-hydrogen) atoms. The molecule has 0 spiro atoms. The van der Waals surface area contributed by atoms with Crippen LogP contribution < -0.4 is 10.9 Å². The van der Waals surface area contributed by atoms with Gasteiger partial charge in [-0.15, -0.1) is 5.10 Å². The van der Waals surface area contributed by atoms with Crippen LogP contribution in [0, 0.1) is 0 Å². The van der Waals surface area contributed by atoms with E-state index in [0.717, 1.165) is 0 Å². The lowest BCUT2D eigenvalue weighted by Crippen LogP contribution is -2.12. The van der Waals surface area contributed by atoms with Crippen molar-refractivity contribution < 1.29 is 0 Å². The van der Waals surface area contributed by atoms with Gasteiger partial charge >= 0.3 is 0 Å². The topological polar surface area (TPSA) is 59.3 Å². The summed E-state index contributed by atoms with van der Waals surface area (Å²) in [5, 5.41) is 7.52. The number of fused-ring (bicyclic) bond motifs is 1. The van der Waals surface area contributed by atoms with Crippen molar-refractivity contribution in [3.05, 3.63) is 22.6 Å². The Hall–Kier alpha value is -1.43. The molecule has 2 aromatic rings. The molecule has 5 nitrogen and oxygen atoms in total. The number of rotatable bonds is 1. The van der Waals surface area contributed by atoms with Crippen LogP contribution in [-0.2, 0) is 0 Å². The van der Waals surface area contributed by atoms with E-state index < -0.39 is 0 Å². The summed E-state index contributed by atoms with van der Waals surface area (Å²) < 4.78 is 1.27. The summed E-state index contributed by atoms with van der Waals surface area (Å²) in [5.41, 5.74) is -0.155. The first-order valence-electron chi connectivity index (χ1n) is 3.34. The average molecular weight is 182 g/mol. The van der Waals surface area contributed by atoms with E-state index in [9.17, 15) is 4.79 Å². The first kappa shape index (κ1) is 7.23. The molecule has 0 radical (unpaired) electrons. The molecule has 1 N–H and O–H groups in total. The maximum atomic E-state index is 11.1. The van der Waals surface area contributed by atoms with E-state index in [4.69, 9.17) is 0 Å². The largest absolute Gasteiger partial charge is 0.363 e. The number of nitrogens with zero attached hydrogens (tertiary/aromatic N) is 3. The van der Waals surface area contributed by atoms with E-state index in [1.807, 2.05) is 0 Å². The van der Waals surface area contributed by atoms with E-state index in [0.29, 0.717) is 10.1 Å². The Bertz CT molecular complexity index is 460. The lowest BCUT2D eigenvalue weighted by molar-refractivity contribution is 0.902. The van der Waals surface area contributed by atoms with Crippen LogP contribution in [0.5, 0.6) is 0 Å². The molecule has 0 atom stereocenters. The lowest BCUT2D eigenvalue weighted by Gasteiger charge is -1.85. The van der Waals surface area contributed by atoms with Crippen molar-refractivity contribution in [2.75, 3.05) is 12.4 Å². The highest BCUT2D eigenvalue weighted by atomic mass is 32.1. The Kier molecular flexibility index (Phi) is 1.54. The quantitative estimate of drug-likeness (QED) is 0.684. The van der Waals surface area contributed by atoms with Gasteiger partial charge in [-0.25, -0.2) is 4.98 Å². The Morgan fingerprint density at radius 1 is 1.67 bits per heavy atom. The zero-order valence-electron chi connectivity index (χ0n) is 6.31. The van der Waals surface area contributed by atoms with Crippen molar-refractivity contribution >= 4 is 21.4 Å². The molecule has 2 rings (SSSR count). The molecule has 0 saturated carbocycles. The second-order valence-electron chi connectivity index (χ2n) is 2.13. The molecule has 0 fully saturated rings. The van der Waals surface area contributed by atoms with Crippen LogP contribution in [0.2, 0.25) is 0 Å². The zero-order chi connectivity index (χ0) is 8.55. The van der Waals surface area contributed by atoms with Crippen molar-refractivity contribution in [3.63, 3.8) is 0 Å². The van der Waals surface area contributed by atoms with Crippen molar-refractivity contribution in [2.24, 2.45) is 0 Å². The lowest BCUT2D eigenvalue weighted by atomic mass is 10.7. The second-order valence-corrected chi connectivity index (χ2v) is 3.09. The molecule has 6 heteroatoms. The molecule has 0 aliphatic rings. The van der Waals surface area contributed by atoms with Gasteiger partial charge in [-0.2, -0.15) is 4.52 Å². The molecule has 0 bridgehead atoms. The minimum absolute atomic E-state index is 0.155. The Morgan fingerprint density at radius 2 is 2.50 bits per heavy atom. The zero-order valence-corrected chi connectivity index (χ0v) is 7.13.